The Labute approximate surface area is 254 Å². The highest BCUT2D eigenvalue weighted by atomic mass is 32.2. The van der Waals surface area contributed by atoms with Crippen molar-refractivity contribution < 1.29 is 53.2 Å². The molecule has 2 unspecified atom stereocenters. The first kappa shape index (κ1) is 32.0. The topological polar surface area (TPSA) is 212 Å². The zero-order valence-corrected chi connectivity index (χ0v) is 24.4. The van der Waals surface area contributed by atoms with E-state index in [0.29, 0.717) is 4.90 Å². The van der Waals surface area contributed by atoms with Crippen molar-refractivity contribution in [2.75, 3.05) is 32.5 Å². The van der Waals surface area contributed by atoms with E-state index < -0.39 is 71.0 Å². The van der Waals surface area contributed by atoms with E-state index in [2.05, 4.69) is 17.2 Å². The number of benzene rings is 1. The summed E-state index contributed by atoms with van der Waals surface area (Å²) in [7, 11) is 1.31. The van der Waals surface area contributed by atoms with Crippen molar-refractivity contribution in [3.8, 4) is 5.75 Å². The van der Waals surface area contributed by atoms with Gasteiger partial charge in [0.1, 0.15) is 22.9 Å². The molecule has 0 spiro atoms. The van der Waals surface area contributed by atoms with E-state index in [1.807, 2.05) is 0 Å². The van der Waals surface area contributed by atoms with Crippen LogP contribution in [0.2, 0.25) is 0 Å². The van der Waals surface area contributed by atoms with Crippen LogP contribution in [0.3, 0.4) is 0 Å². The third-order valence-corrected chi connectivity index (χ3v) is 8.22. The van der Waals surface area contributed by atoms with Gasteiger partial charge in [-0.05, 0) is 17.7 Å². The number of fused-ring (bicyclic) bond motifs is 1. The molecule has 4 N–H and O–H groups in total. The molecule has 0 saturated carbocycles. The number of nitrogens with zero attached hydrogens (tertiary/aromatic N) is 3. The van der Waals surface area contributed by atoms with Crippen molar-refractivity contribution >= 4 is 53.4 Å². The number of carboxylic acid groups (broad SMARTS) is 1. The van der Waals surface area contributed by atoms with Gasteiger partial charge in [0.15, 0.2) is 6.10 Å². The van der Waals surface area contributed by atoms with Gasteiger partial charge in [-0.15, -0.1) is 18.3 Å². The fraction of sp³-hybridized carbons (Fsp3) is 0.370. The number of esters is 1. The maximum atomic E-state index is 13.7. The van der Waals surface area contributed by atoms with Crippen LogP contribution in [0.1, 0.15) is 18.5 Å². The van der Waals surface area contributed by atoms with Crippen LogP contribution in [-0.4, -0.2) is 117 Å². The average molecular weight is 632 g/mol. The molecule has 44 heavy (non-hydrogen) atoms. The summed E-state index contributed by atoms with van der Waals surface area (Å²) in [5, 5.41) is 23.9. The molecule has 3 aliphatic rings. The van der Waals surface area contributed by atoms with Crippen molar-refractivity contribution in [2.24, 2.45) is 0 Å². The quantitative estimate of drug-likeness (QED) is 0.0828. The number of hydrogen-bond acceptors (Lipinski definition) is 11. The Morgan fingerprint density at radius 3 is 2.39 bits per heavy atom. The number of thioether (sulfide) groups is 1. The highest BCUT2D eigenvalue weighted by Gasteiger charge is 2.55. The standard InChI is InChI=1S/C27H29N5O11S/c1-4-9-30-10-11-31(24(38)23(30)37)27(41)28-17(14-5-7-15(34)8-6-14)20(35)29-21(43-13(2)33)16-12-44-25-19(42-3)22(36)32(25)18(16)26(39)40/h4-8,17,19,21,25,34H,1,9-12H2,2-3H3,(H,28,41)(H,29,35)(H,39,40)/t17?,19-,21?,25+/m0/s1. The predicted octanol–water partition coefficient (Wildman–Crippen LogP) is -0.726. The van der Waals surface area contributed by atoms with E-state index in [9.17, 15) is 43.8 Å². The van der Waals surface area contributed by atoms with Gasteiger partial charge in [0.2, 0.25) is 12.1 Å². The van der Waals surface area contributed by atoms with Crippen molar-refractivity contribution in [3.63, 3.8) is 0 Å². The minimum atomic E-state index is -1.68. The zero-order valence-electron chi connectivity index (χ0n) is 23.6. The second-order valence-corrected chi connectivity index (χ2v) is 10.8. The molecular formula is C27H29N5O11S. The fourth-order valence-electron chi connectivity index (χ4n) is 4.83. The number of carboxylic acids is 1. The molecule has 3 heterocycles. The van der Waals surface area contributed by atoms with E-state index in [1.165, 1.54) is 42.4 Å². The van der Waals surface area contributed by atoms with E-state index in [1.54, 1.807) is 0 Å². The molecule has 17 heteroatoms. The fourth-order valence-corrected chi connectivity index (χ4v) is 6.22. The number of β-lactam (4-membered cyclic amide) rings is 1. The Bertz CT molecular complexity index is 1450. The number of methoxy groups -OCH3 is 1. The normalized spacial score (nSPS) is 21.1. The molecule has 0 bridgehead atoms. The maximum Gasteiger partial charge on any atom is 0.352 e. The van der Waals surface area contributed by atoms with Crippen molar-refractivity contribution in [2.45, 2.75) is 30.7 Å². The van der Waals surface area contributed by atoms with Crippen LogP contribution in [0.5, 0.6) is 5.75 Å². The summed E-state index contributed by atoms with van der Waals surface area (Å²) in [4.78, 5) is 91.8. The monoisotopic (exact) mass is 631 g/mol. The minimum absolute atomic E-state index is 0.0263. The molecule has 4 atom stereocenters. The van der Waals surface area contributed by atoms with Crippen LogP contribution >= 0.6 is 11.8 Å². The van der Waals surface area contributed by atoms with E-state index in [4.69, 9.17) is 9.47 Å². The molecule has 3 aliphatic heterocycles. The Morgan fingerprint density at radius 1 is 1.11 bits per heavy atom. The summed E-state index contributed by atoms with van der Waals surface area (Å²) in [5.74, 6) is -6.34. The lowest BCUT2D eigenvalue weighted by atomic mass is 10.0. The average Bonchev–Trinajstić information content (AvgIpc) is 2.97. The van der Waals surface area contributed by atoms with Crippen LogP contribution in [0, 0.1) is 0 Å². The molecule has 1 aromatic carbocycles. The molecule has 234 valence electrons. The number of piperazine rings is 1. The Kier molecular flexibility index (Phi) is 9.59. The van der Waals surface area contributed by atoms with Gasteiger partial charge in [0, 0.05) is 45.0 Å². The van der Waals surface area contributed by atoms with Crippen LogP contribution in [0.4, 0.5) is 4.79 Å². The summed E-state index contributed by atoms with van der Waals surface area (Å²) in [6, 6.07) is 2.41. The molecular weight excluding hydrogens is 602 g/mol. The van der Waals surface area contributed by atoms with Gasteiger partial charge >= 0.3 is 29.8 Å². The number of hydrogen-bond donors (Lipinski definition) is 4. The number of carbonyl (C=O) groups is 7. The molecule has 6 amide bonds. The van der Waals surface area contributed by atoms with Crippen molar-refractivity contribution in [3.05, 3.63) is 53.8 Å². The molecule has 0 aliphatic carbocycles. The molecule has 4 rings (SSSR count). The molecule has 2 saturated heterocycles. The number of rotatable bonds is 10. The highest BCUT2D eigenvalue weighted by molar-refractivity contribution is 8.00. The second-order valence-electron chi connectivity index (χ2n) is 9.71. The number of urea groups is 1. The lowest BCUT2D eigenvalue weighted by Gasteiger charge is -2.49. The first-order chi connectivity index (χ1) is 20.9. The minimum Gasteiger partial charge on any atom is -0.508 e. The Hall–Kier alpha value is -4.90. The number of carbonyl (C=O) groups excluding carboxylic acids is 6. The first-order valence-corrected chi connectivity index (χ1v) is 14.2. The molecule has 0 aromatic heterocycles. The Balaban J connectivity index is 1.64. The zero-order chi connectivity index (χ0) is 32.3. The van der Waals surface area contributed by atoms with E-state index in [0.717, 1.165) is 23.6 Å². The summed E-state index contributed by atoms with van der Waals surface area (Å²) >= 11 is 1.13. The van der Waals surface area contributed by atoms with Crippen LogP contribution in [0.15, 0.2) is 48.2 Å². The van der Waals surface area contributed by atoms with Gasteiger partial charge in [-0.2, -0.15) is 0 Å². The smallest absolute Gasteiger partial charge is 0.352 e. The summed E-state index contributed by atoms with van der Waals surface area (Å²) in [6.07, 6.45) is -1.13. The van der Waals surface area contributed by atoms with E-state index >= 15 is 0 Å². The summed E-state index contributed by atoms with van der Waals surface area (Å²) in [6.45, 7) is 4.50. The van der Waals surface area contributed by atoms with Crippen molar-refractivity contribution in [1.29, 1.82) is 0 Å². The van der Waals surface area contributed by atoms with Gasteiger partial charge in [0.05, 0.1) is 0 Å². The third kappa shape index (κ3) is 6.23. The van der Waals surface area contributed by atoms with Gasteiger partial charge in [-0.25, -0.2) is 9.59 Å². The molecule has 16 nitrogen and oxygen atoms in total. The summed E-state index contributed by atoms with van der Waals surface area (Å²) < 4.78 is 10.4. The predicted molar refractivity (Wildman–Crippen MR) is 150 cm³/mol. The number of nitrogens with one attached hydrogen (secondary N) is 2. The number of aliphatic carboxylic acids is 1. The van der Waals surface area contributed by atoms with E-state index in [-0.39, 0.29) is 42.3 Å². The number of phenols is 1. The number of ether oxygens (including phenoxy) is 2. The molecule has 2 fully saturated rings. The van der Waals surface area contributed by atoms with Crippen LogP contribution in [-0.2, 0) is 38.2 Å². The van der Waals surface area contributed by atoms with Crippen molar-refractivity contribution in [1.82, 2.24) is 25.3 Å². The van der Waals surface area contributed by atoms with Gasteiger partial charge in [-0.3, -0.25) is 33.8 Å². The first-order valence-electron chi connectivity index (χ1n) is 13.1. The third-order valence-electron chi connectivity index (χ3n) is 6.94. The second kappa shape index (κ2) is 13.2. The van der Waals surface area contributed by atoms with Gasteiger partial charge < -0.3 is 35.2 Å². The lowest BCUT2D eigenvalue weighted by Crippen LogP contribution is -2.66. The largest absolute Gasteiger partial charge is 0.508 e. The number of phenolic OH excluding ortho intramolecular Hbond substituents is 1. The van der Waals surface area contributed by atoms with Gasteiger partial charge in [-0.1, -0.05) is 18.2 Å². The van der Waals surface area contributed by atoms with Gasteiger partial charge in [0.25, 0.3) is 5.91 Å². The highest BCUT2D eigenvalue weighted by Crippen LogP contribution is 2.42. The molecule has 0 radical (unpaired) electrons. The van der Waals surface area contributed by atoms with Crippen LogP contribution in [0.25, 0.3) is 0 Å². The maximum absolute atomic E-state index is 13.7. The number of imide groups is 1. The molecule has 1 aromatic rings. The SMILES string of the molecule is C=CCN1CCN(C(=O)NC(C(=O)NC(OC(C)=O)C2=C(C(=O)O)N3C(=O)[C@H](OC)[C@H]3SC2)c2ccc(O)cc2)C(=O)C1=O. The summed E-state index contributed by atoms with van der Waals surface area (Å²) in [5.41, 5.74) is -0.490. The Morgan fingerprint density at radius 2 is 1.80 bits per heavy atom. The lowest BCUT2D eigenvalue weighted by molar-refractivity contribution is -0.162. The number of aromatic hydroxyl groups is 1. The number of amides is 6. The van der Waals surface area contributed by atoms with Crippen LogP contribution < -0.4 is 10.6 Å².